The van der Waals surface area contributed by atoms with Crippen molar-refractivity contribution in [1.82, 2.24) is 0 Å². The number of unbranched alkanes of at least 4 members (excludes halogenated alkanes) is 16. The number of benzene rings is 6. The van der Waals surface area contributed by atoms with E-state index in [9.17, 15) is 9.59 Å². The van der Waals surface area contributed by atoms with Crippen molar-refractivity contribution in [2.24, 2.45) is 11.8 Å². The lowest BCUT2D eigenvalue weighted by Crippen LogP contribution is -2.13. The minimum Gasteiger partial charge on any atom is -0.426 e. The molecule has 0 heterocycles. The van der Waals surface area contributed by atoms with Gasteiger partial charge in [-0.25, -0.2) is 0 Å². The second-order valence-corrected chi connectivity index (χ2v) is 25.8. The molecule has 0 amide bonds. The summed E-state index contributed by atoms with van der Waals surface area (Å²) in [6.07, 6.45) is 37.5. The zero-order valence-corrected chi connectivity index (χ0v) is 52.3. The number of halogens is 2. The van der Waals surface area contributed by atoms with Crippen molar-refractivity contribution < 1.29 is 19.1 Å². The fraction of sp³-hybridized carbons (Fsp3) is 0.541. The number of hydrogen-bond acceptors (Lipinski definition) is 4. The summed E-state index contributed by atoms with van der Waals surface area (Å²) in [5.74, 6) is 3.60. The van der Waals surface area contributed by atoms with Crippen LogP contribution in [0.2, 0.25) is 0 Å². The maximum absolute atomic E-state index is 14.0. The number of esters is 2. The van der Waals surface area contributed by atoms with Gasteiger partial charge in [0.25, 0.3) is 0 Å². The summed E-state index contributed by atoms with van der Waals surface area (Å²) in [4.78, 5) is 28.1. The third kappa shape index (κ3) is 18.4. The van der Waals surface area contributed by atoms with Crippen LogP contribution in [-0.2, 0) is 9.59 Å². The summed E-state index contributed by atoms with van der Waals surface area (Å²) in [6.45, 7) is 4.63. The predicted octanol–water partition coefficient (Wildman–Crippen LogP) is 23.5. The van der Waals surface area contributed by atoms with Gasteiger partial charge in [0.1, 0.15) is 11.5 Å². The van der Waals surface area contributed by atoms with Gasteiger partial charge in [-0.05, 0) is 180 Å². The Kier molecular flexibility index (Phi) is 26.1. The van der Waals surface area contributed by atoms with E-state index in [2.05, 4.69) is 143 Å². The normalized spacial score (nSPS) is 17.5. The Hall–Kier alpha value is -4.26. The topological polar surface area (TPSA) is 52.6 Å². The van der Waals surface area contributed by atoms with Crippen molar-refractivity contribution in [3.8, 4) is 44.9 Å². The first-order valence-electron chi connectivity index (χ1n) is 32.2. The number of ether oxygens (including phenoxy) is 2. The van der Waals surface area contributed by atoms with Crippen molar-refractivity contribution in [3.05, 3.63) is 120 Å². The fourth-order valence-corrected chi connectivity index (χ4v) is 14.3. The van der Waals surface area contributed by atoms with E-state index in [1.165, 1.54) is 176 Å². The number of carbonyl (C=O) groups is 2. The molecule has 4 nitrogen and oxygen atoms in total. The first-order chi connectivity index (χ1) is 39.3. The molecule has 430 valence electrons. The van der Waals surface area contributed by atoms with E-state index in [4.69, 9.17) is 9.47 Å². The molecule has 0 N–H and O–H groups in total. The molecule has 80 heavy (non-hydrogen) atoms. The van der Waals surface area contributed by atoms with E-state index in [1.807, 2.05) is 12.1 Å². The van der Waals surface area contributed by atoms with Gasteiger partial charge in [0.15, 0.2) is 0 Å². The van der Waals surface area contributed by atoms with E-state index in [0.717, 1.165) is 105 Å². The fourth-order valence-electron chi connectivity index (χ4n) is 13.5. The first-order valence-corrected chi connectivity index (χ1v) is 34.5. The molecule has 0 atom stereocenters. The van der Waals surface area contributed by atoms with Gasteiger partial charge < -0.3 is 9.47 Å². The van der Waals surface area contributed by atoms with E-state index in [-0.39, 0.29) is 11.9 Å². The Bertz CT molecular complexity index is 2610. The van der Waals surface area contributed by atoms with Gasteiger partial charge in [-0.3, -0.25) is 9.59 Å². The summed E-state index contributed by atoms with van der Waals surface area (Å²) >= 11 is 7.11. The van der Waals surface area contributed by atoms with E-state index in [0.29, 0.717) is 36.2 Å². The van der Waals surface area contributed by atoms with Gasteiger partial charge in [-0.1, -0.05) is 246 Å². The number of fused-ring (bicyclic) bond motifs is 2. The molecule has 0 bridgehead atoms. The lowest BCUT2D eigenvalue weighted by atomic mass is 9.77. The van der Waals surface area contributed by atoms with Crippen LogP contribution < -0.4 is 9.47 Å². The van der Waals surface area contributed by atoms with Crippen molar-refractivity contribution in [3.63, 3.8) is 0 Å². The summed E-state index contributed by atoms with van der Waals surface area (Å²) in [5.41, 5.74) is 9.14. The van der Waals surface area contributed by atoms with Crippen LogP contribution in [0.3, 0.4) is 0 Å². The molecule has 2 aliphatic rings. The predicted molar refractivity (Wildman–Crippen MR) is 348 cm³/mol. The Balaban J connectivity index is 1.09. The molecule has 2 fully saturated rings. The van der Waals surface area contributed by atoms with Crippen LogP contribution in [0.15, 0.2) is 109 Å². The van der Waals surface area contributed by atoms with Gasteiger partial charge in [0.05, 0.1) is 0 Å². The molecule has 8 rings (SSSR count). The third-order valence-electron chi connectivity index (χ3n) is 18.2. The van der Waals surface area contributed by atoms with Gasteiger partial charge in [0.2, 0.25) is 0 Å². The standard InChI is InChI=1S/C74H96Br2O4/c1-3-23-55-27-31-57(32-28-55)59-35-39-61(40-36-59)63-43-47-67-65(53-63)45-49-69(79-71(77)25-19-15-11-7-5-9-13-17-21-51-75)73(67)74-68-48-44-64(62-41-37-60(38-42-62)58-33-29-56(24-4-2)30-34-58)54-66(68)46-50-70(74)80-72(78)26-20-16-12-8-6-10-14-18-22-52-76/h35-50,53-58H,3-34,51-52H2,1-2H3. The SMILES string of the molecule is CCCC1CCC(c2ccc(-c3ccc4c(-c5c(OC(=O)CCCCCCCCCCCBr)ccc6cc(-c7ccc(C8CCC(CCC)CC8)cc7)ccc56)c(OC(=O)CCCCCCCCCCCBr)ccc4c3)cc2)CC1. The maximum atomic E-state index is 14.0. The lowest BCUT2D eigenvalue weighted by molar-refractivity contribution is -0.135. The molecule has 0 aromatic heterocycles. The molecule has 2 aliphatic carbocycles. The molecular formula is C74H96Br2O4. The molecular weight excluding hydrogens is 1110 g/mol. The molecule has 0 saturated heterocycles. The van der Waals surface area contributed by atoms with Crippen molar-refractivity contribution in [2.75, 3.05) is 10.7 Å². The lowest BCUT2D eigenvalue weighted by Gasteiger charge is -2.28. The van der Waals surface area contributed by atoms with Crippen LogP contribution in [0.1, 0.15) is 242 Å². The van der Waals surface area contributed by atoms with Gasteiger partial charge >= 0.3 is 11.9 Å². The molecule has 0 radical (unpaired) electrons. The molecule has 0 spiro atoms. The number of rotatable bonds is 33. The average Bonchev–Trinajstić information content (AvgIpc) is 3.51. The number of carbonyl (C=O) groups excluding carboxylic acids is 2. The molecule has 2 saturated carbocycles. The van der Waals surface area contributed by atoms with Crippen LogP contribution in [0.4, 0.5) is 0 Å². The zero-order valence-electron chi connectivity index (χ0n) is 49.1. The molecule has 6 aromatic carbocycles. The second kappa shape index (κ2) is 33.7. The van der Waals surface area contributed by atoms with Crippen LogP contribution in [-0.4, -0.2) is 22.6 Å². The quantitative estimate of drug-likeness (QED) is 0.0178. The largest absolute Gasteiger partial charge is 0.426 e. The maximum Gasteiger partial charge on any atom is 0.311 e. The van der Waals surface area contributed by atoms with Crippen molar-refractivity contribution >= 4 is 65.3 Å². The Morgan fingerprint density at radius 2 is 0.713 bits per heavy atom. The highest BCUT2D eigenvalue weighted by Crippen LogP contribution is 2.48. The average molecular weight is 1210 g/mol. The van der Waals surface area contributed by atoms with Crippen LogP contribution >= 0.6 is 31.9 Å². The third-order valence-corrected chi connectivity index (χ3v) is 19.3. The second-order valence-electron chi connectivity index (χ2n) is 24.2. The van der Waals surface area contributed by atoms with Gasteiger partial charge in [0, 0.05) is 34.6 Å². The Labute approximate surface area is 500 Å². The number of hydrogen-bond donors (Lipinski definition) is 0. The highest BCUT2D eigenvalue weighted by Gasteiger charge is 2.26. The molecule has 6 aromatic rings. The highest BCUT2D eigenvalue weighted by atomic mass is 79.9. The van der Waals surface area contributed by atoms with Crippen molar-refractivity contribution in [1.29, 1.82) is 0 Å². The minimum atomic E-state index is -0.228. The van der Waals surface area contributed by atoms with E-state index >= 15 is 0 Å². The summed E-state index contributed by atoms with van der Waals surface area (Å²) in [7, 11) is 0. The molecule has 0 unspecified atom stereocenters. The Morgan fingerprint density at radius 1 is 0.388 bits per heavy atom. The van der Waals surface area contributed by atoms with Crippen LogP contribution in [0.5, 0.6) is 11.5 Å². The van der Waals surface area contributed by atoms with Crippen molar-refractivity contribution in [2.45, 2.75) is 231 Å². The van der Waals surface area contributed by atoms with E-state index < -0.39 is 0 Å². The number of alkyl halides is 2. The monoisotopic (exact) mass is 1210 g/mol. The van der Waals surface area contributed by atoms with Gasteiger partial charge in [-0.2, -0.15) is 0 Å². The molecule has 0 aliphatic heterocycles. The smallest absolute Gasteiger partial charge is 0.311 e. The molecule has 6 heteroatoms. The summed E-state index contributed by atoms with van der Waals surface area (Å²) in [5, 5.41) is 6.16. The first kappa shape index (κ1) is 61.8. The van der Waals surface area contributed by atoms with Crippen LogP contribution in [0.25, 0.3) is 54.9 Å². The zero-order chi connectivity index (χ0) is 55.7. The van der Waals surface area contributed by atoms with Gasteiger partial charge in [-0.15, -0.1) is 0 Å². The van der Waals surface area contributed by atoms with E-state index in [1.54, 1.807) is 0 Å². The summed E-state index contributed by atoms with van der Waals surface area (Å²) < 4.78 is 13.1. The Morgan fingerprint density at radius 3 is 1.05 bits per heavy atom. The minimum absolute atomic E-state index is 0.228. The highest BCUT2D eigenvalue weighted by molar-refractivity contribution is 9.09. The summed E-state index contributed by atoms with van der Waals surface area (Å²) in [6, 6.07) is 40.2. The van der Waals surface area contributed by atoms with Crippen LogP contribution in [0, 0.1) is 11.8 Å².